The molecule has 1 heterocycles. The Labute approximate surface area is 129 Å². The van der Waals surface area contributed by atoms with E-state index in [1.165, 1.54) is 31.2 Å². The van der Waals surface area contributed by atoms with Gasteiger partial charge in [0.2, 0.25) is 0 Å². The monoisotopic (exact) mass is 286 g/mol. The van der Waals surface area contributed by atoms with Gasteiger partial charge in [-0.25, -0.2) is 0 Å². The van der Waals surface area contributed by atoms with Gasteiger partial charge in [0.1, 0.15) is 0 Å². The van der Waals surface area contributed by atoms with Crippen LogP contribution in [-0.4, -0.2) is 30.1 Å². The maximum atomic E-state index is 3.74. The Morgan fingerprint density at radius 3 is 2.62 bits per heavy atom. The van der Waals surface area contributed by atoms with Gasteiger partial charge in [-0.05, 0) is 30.7 Å². The molecule has 0 bridgehead atoms. The Balaban J connectivity index is 1.77. The van der Waals surface area contributed by atoms with E-state index >= 15 is 0 Å². The van der Waals surface area contributed by atoms with E-state index in [0.29, 0.717) is 17.5 Å². The van der Waals surface area contributed by atoms with Crippen molar-refractivity contribution >= 4 is 0 Å². The summed E-state index contributed by atoms with van der Waals surface area (Å²) in [7, 11) is 0. The second-order valence-corrected chi connectivity index (χ2v) is 7.67. The molecule has 1 aliphatic heterocycles. The first-order chi connectivity index (χ1) is 10.1. The van der Waals surface area contributed by atoms with Crippen molar-refractivity contribution in [1.29, 1.82) is 0 Å². The average molecular weight is 286 g/mol. The lowest BCUT2D eigenvalue weighted by atomic mass is 9.72. The zero-order valence-electron chi connectivity index (χ0n) is 13.8. The molecule has 1 N–H and O–H groups in total. The molecule has 1 aliphatic carbocycles. The molecule has 2 nitrogen and oxygen atoms in total. The molecule has 0 aromatic heterocycles. The first-order valence-electron chi connectivity index (χ1n) is 8.62. The number of piperazine rings is 1. The van der Waals surface area contributed by atoms with Gasteiger partial charge in [-0.15, -0.1) is 0 Å². The minimum Gasteiger partial charge on any atom is -0.307 e. The zero-order valence-corrected chi connectivity index (χ0v) is 13.8. The van der Waals surface area contributed by atoms with Gasteiger partial charge in [0.25, 0.3) is 0 Å². The number of hydrogen-bond donors (Lipinski definition) is 1. The van der Waals surface area contributed by atoms with Crippen molar-refractivity contribution in [2.45, 2.75) is 64.6 Å². The molecule has 2 heteroatoms. The first-order valence-corrected chi connectivity index (χ1v) is 8.62. The minimum atomic E-state index is 0.463. The highest BCUT2D eigenvalue weighted by Crippen LogP contribution is 2.40. The summed E-state index contributed by atoms with van der Waals surface area (Å²) in [6.07, 6.45) is 5.57. The van der Waals surface area contributed by atoms with Gasteiger partial charge in [-0.3, -0.25) is 4.90 Å². The van der Waals surface area contributed by atoms with Crippen LogP contribution in [0.15, 0.2) is 30.3 Å². The van der Waals surface area contributed by atoms with Crippen molar-refractivity contribution in [1.82, 2.24) is 10.2 Å². The fraction of sp³-hybridized carbons (Fsp3) is 0.684. The second-order valence-electron chi connectivity index (χ2n) is 7.67. The number of hydrogen-bond acceptors (Lipinski definition) is 2. The Kier molecular flexibility index (Phi) is 4.37. The number of benzene rings is 1. The largest absolute Gasteiger partial charge is 0.307 e. The average Bonchev–Trinajstić information content (AvgIpc) is 2.49. The molecule has 1 aromatic carbocycles. The highest BCUT2D eigenvalue weighted by Gasteiger charge is 2.40. The van der Waals surface area contributed by atoms with Crippen LogP contribution >= 0.6 is 0 Å². The molecule has 3 unspecified atom stereocenters. The SMILES string of the molecule is CC1CNC(c2ccccc2)CN1C1CCCCC1(C)C. The van der Waals surface area contributed by atoms with Gasteiger partial charge in [0.05, 0.1) is 0 Å². The van der Waals surface area contributed by atoms with Gasteiger partial charge in [-0.1, -0.05) is 57.0 Å². The molecule has 1 saturated heterocycles. The highest BCUT2D eigenvalue weighted by atomic mass is 15.3. The summed E-state index contributed by atoms with van der Waals surface area (Å²) in [5.41, 5.74) is 1.90. The Morgan fingerprint density at radius 2 is 1.90 bits per heavy atom. The van der Waals surface area contributed by atoms with Crippen molar-refractivity contribution in [3.05, 3.63) is 35.9 Å². The van der Waals surface area contributed by atoms with Gasteiger partial charge < -0.3 is 5.32 Å². The lowest BCUT2D eigenvalue weighted by molar-refractivity contribution is -0.000259. The summed E-state index contributed by atoms with van der Waals surface area (Å²) in [6, 6.07) is 12.8. The summed E-state index contributed by atoms with van der Waals surface area (Å²) in [5.74, 6) is 0. The standard InChI is InChI=1S/C19H30N2/c1-15-13-20-17(16-9-5-4-6-10-16)14-21(15)18-11-7-8-12-19(18,2)3/h4-6,9-10,15,17-18,20H,7-8,11-14H2,1-3H3. The van der Waals surface area contributed by atoms with Gasteiger partial charge in [0.15, 0.2) is 0 Å². The van der Waals surface area contributed by atoms with Crippen LogP contribution in [0.25, 0.3) is 0 Å². The van der Waals surface area contributed by atoms with Crippen LogP contribution in [0, 0.1) is 5.41 Å². The minimum absolute atomic E-state index is 0.463. The van der Waals surface area contributed by atoms with Crippen LogP contribution in [-0.2, 0) is 0 Å². The molecule has 0 amide bonds. The molecule has 0 spiro atoms. The third-order valence-corrected chi connectivity index (χ3v) is 5.67. The van der Waals surface area contributed by atoms with Crippen molar-refractivity contribution < 1.29 is 0 Å². The molecular formula is C19H30N2. The van der Waals surface area contributed by atoms with E-state index < -0.39 is 0 Å². The van der Waals surface area contributed by atoms with E-state index in [9.17, 15) is 0 Å². The summed E-state index contributed by atoms with van der Waals surface area (Å²) in [4.78, 5) is 2.80. The van der Waals surface area contributed by atoms with Gasteiger partial charge >= 0.3 is 0 Å². The fourth-order valence-corrected chi connectivity index (χ4v) is 4.32. The van der Waals surface area contributed by atoms with Crippen molar-refractivity contribution in [3.63, 3.8) is 0 Å². The smallest absolute Gasteiger partial charge is 0.0450 e. The van der Waals surface area contributed by atoms with E-state index in [-0.39, 0.29) is 0 Å². The Hall–Kier alpha value is -0.860. The molecule has 0 radical (unpaired) electrons. The molecule has 2 aliphatic rings. The third kappa shape index (κ3) is 3.17. The van der Waals surface area contributed by atoms with E-state index in [1.54, 1.807) is 0 Å². The molecule has 1 aromatic rings. The van der Waals surface area contributed by atoms with Crippen LogP contribution in [0.1, 0.15) is 58.1 Å². The van der Waals surface area contributed by atoms with Crippen LogP contribution in [0.3, 0.4) is 0 Å². The molecule has 2 fully saturated rings. The lowest BCUT2D eigenvalue weighted by Crippen LogP contribution is -2.59. The summed E-state index contributed by atoms with van der Waals surface area (Å²) >= 11 is 0. The summed E-state index contributed by atoms with van der Waals surface area (Å²) < 4.78 is 0. The normalized spacial score (nSPS) is 33.8. The van der Waals surface area contributed by atoms with Crippen molar-refractivity contribution in [3.8, 4) is 0 Å². The van der Waals surface area contributed by atoms with Crippen LogP contribution in [0.4, 0.5) is 0 Å². The molecule has 21 heavy (non-hydrogen) atoms. The number of nitrogens with zero attached hydrogens (tertiary/aromatic N) is 1. The van der Waals surface area contributed by atoms with Crippen LogP contribution in [0.5, 0.6) is 0 Å². The second kappa shape index (κ2) is 6.10. The zero-order chi connectivity index (χ0) is 14.9. The Bertz CT molecular complexity index is 454. The van der Waals surface area contributed by atoms with Crippen LogP contribution < -0.4 is 5.32 Å². The molecule has 116 valence electrons. The number of nitrogens with one attached hydrogen (secondary N) is 1. The van der Waals surface area contributed by atoms with Crippen molar-refractivity contribution in [2.75, 3.05) is 13.1 Å². The summed E-state index contributed by atoms with van der Waals surface area (Å²) in [5, 5.41) is 3.74. The topological polar surface area (TPSA) is 15.3 Å². The van der Waals surface area contributed by atoms with E-state index in [2.05, 4.69) is 61.3 Å². The maximum Gasteiger partial charge on any atom is 0.0450 e. The molecule has 1 saturated carbocycles. The third-order valence-electron chi connectivity index (χ3n) is 5.67. The van der Waals surface area contributed by atoms with E-state index in [0.717, 1.165) is 19.1 Å². The maximum absolute atomic E-state index is 3.74. The quantitative estimate of drug-likeness (QED) is 0.884. The Morgan fingerprint density at radius 1 is 1.14 bits per heavy atom. The lowest BCUT2D eigenvalue weighted by Gasteiger charge is -2.51. The highest BCUT2D eigenvalue weighted by molar-refractivity contribution is 5.20. The predicted molar refractivity (Wildman–Crippen MR) is 89.4 cm³/mol. The molecular weight excluding hydrogens is 256 g/mol. The molecule has 3 atom stereocenters. The predicted octanol–water partition coefficient (Wildman–Crippen LogP) is 3.99. The fourth-order valence-electron chi connectivity index (χ4n) is 4.32. The van der Waals surface area contributed by atoms with E-state index in [1.807, 2.05) is 0 Å². The van der Waals surface area contributed by atoms with Crippen molar-refractivity contribution in [2.24, 2.45) is 5.41 Å². The first kappa shape index (κ1) is 15.1. The number of rotatable bonds is 2. The van der Waals surface area contributed by atoms with Crippen LogP contribution in [0.2, 0.25) is 0 Å². The summed E-state index contributed by atoms with van der Waals surface area (Å²) in [6.45, 7) is 9.59. The van der Waals surface area contributed by atoms with Gasteiger partial charge in [0, 0.05) is 31.2 Å². The van der Waals surface area contributed by atoms with E-state index in [4.69, 9.17) is 0 Å². The van der Waals surface area contributed by atoms with Gasteiger partial charge in [-0.2, -0.15) is 0 Å². The molecule has 3 rings (SSSR count).